The summed E-state index contributed by atoms with van der Waals surface area (Å²) in [5.74, 6) is -1.11. The molecule has 0 radical (unpaired) electrons. The number of nitrogens with zero attached hydrogens (tertiary/aromatic N) is 2. The number of nitrogens with one attached hydrogen (secondary N) is 2. The molecule has 1 aliphatic heterocycles. The Morgan fingerprint density at radius 3 is 2.78 bits per heavy atom. The van der Waals surface area contributed by atoms with E-state index in [1.54, 1.807) is 12.3 Å². The standard InChI is InChI=1S/C25H23N5O6S/c1-2-36-16(31)8-15-11-37-25-17(15)23(34)28-22(29-25)24(35)27-9-12-3-4-13-5-6-30(10-14(13)7-12)19-18(26)20(32)21(19)33/h3-4,7,11H,2,5-6,8-10,26H2,1H3,(H,27,35)(H,28,29,34). The second kappa shape index (κ2) is 9.62. The van der Waals surface area contributed by atoms with Gasteiger partial charge in [-0.2, -0.15) is 0 Å². The van der Waals surface area contributed by atoms with Gasteiger partial charge < -0.3 is 25.7 Å². The number of benzene rings is 1. The third-order valence-electron chi connectivity index (χ3n) is 6.35. The monoisotopic (exact) mass is 521 g/mol. The van der Waals surface area contributed by atoms with Crippen molar-refractivity contribution in [2.75, 3.05) is 23.8 Å². The van der Waals surface area contributed by atoms with Crippen molar-refractivity contribution >= 4 is 44.8 Å². The molecule has 4 N–H and O–H groups in total. The summed E-state index contributed by atoms with van der Waals surface area (Å²) in [6, 6.07) is 5.81. The number of nitrogens with two attached hydrogens (primary N) is 1. The van der Waals surface area contributed by atoms with Crippen molar-refractivity contribution in [3.8, 4) is 0 Å². The summed E-state index contributed by atoms with van der Waals surface area (Å²) in [7, 11) is 0. The zero-order valence-electron chi connectivity index (χ0n) is 19.9. The molecule has 11 nitrogen and oxygen atoms in total. The maximum Gasteiger partial charge on any atom is 0.310 e. The molecule has 0 bridgehead atoms. The van der Waals surface area contributed by atoms with Crippen LogP contribution in [-0.2, 0) is 35.5 Å². The summed E-state index contributed by atoms with van der Waals surface area (Å²) in [5.41, 5.74) is 7.75. The van der Waals surface area contributed by atoms with Gasteiger partial charge in [0.1, 0.15) is 16.2 Å². The SMILES string of the molecule is CCOC(=O)Cc1csc2nc(C(=O)NCc3ccc4c(c3)CN(c3c(N)c(=O)c3=O)CC4)[nH]c(=O)c12. The molecule has 0 saturated carbocycles. The average molecular weight is 522 g/mol. The maximum atomic E-state index is 12.8. The molecule has 2 aromatic heterocycles. The van der Waals surface area contributed by atoms with Gasteiger partial charge in [-0.3, -0.25) is 24.0 Å². The number of esters is 1. The summed E-state index contributed by atoms with van der Waals surface area (Å²) >= 11 is 1.18. The number of rotatable bonds is 7. The largest absolute Gasteiger partial charge is 0.466 e. The molecule has 1 aliphatic rings. The number of nitrogen functional groups attached to an aromatic ring is 1. The number of thiophene rings is 1. The molecule has 190 valence electrons. The molecule has 0 atom stereocenters. The van der Waals surface area contributed by atoms with E-state index >= 15 is 0 Å². The molecule has 2 aromatic carbocycles. The van der Waals surface area contributed by atoms with E-state index in [4.69, 9.17) is 10.5 Å². The van der Waals surface area contributed by atoms with Crippen LogP contribution >= 0.6 is 11.3 Å². The van der Waals surface area contributed by atoms with E-state index in [-0.39, 0.29) is 42.2 Å². The highest BCUT2D eigenvalue weighted by molar-refractivity contribution is 7.16. The number of H-pyrrole nitrogens is 1. The zero-order valence-corrected chi connectivity index (χ0v) is 20.7. The fourth-order valence-corrected chi connectivity index (χ4v) is 5.44. The third kappa shape index (κ3) is 4.51. The van der Waals surface area contributed by atoms with Crippen LogP contribution in [0.25, 0.3) is 10.2 Å². The molecular formula is C25H23N5O6S. The smallest absolute Gasteiger partial charge is 0.310 e. The Hall–Kier alpha value is -4.32. The van der Waals surface area contributed by atoms with Gasteiger partial charge in [0.05, 0.1) is 18.4 Å². The highest BCUT2D eigenvalue weighted by Gasteiger charge is 2.27. The highest BCUT2D eigenvalue weighted by Crippen LogP contribution is 2.26. The lowest BCUT2D eigenvalue weighted by molar-refractivity contribution is -0.142. The van der Waals surface area contributed by atoms with Crippen LogP contribution in [0, 0.1) is 0 Å². The number of anilines is 2. The molecule has 0 saturated heterocycles. The lowest BCUT2D eigenvalue weighted by Gasteiger charge is -2.32. The van der Waals surface area contributed by atoms with Crippen molar-refractivity contribution in [3.05, 3.63) is 82.5 Å². The van der Waals surface area contributed by atoms with Gasteiger partial charge >= 0.3 is 5.97 Å². The first-order valence-electron chi connectivity index (χ1n) is 11.7. The van der Waals surface area contributed by atoms with Crippen molar-refractivity contribution in [3.63, 3.8) is 0 Å². The number of amides is 1. The average Bonchev–Trinajstić information content (AvgIpc) is 3.29. The topological polar surface area (TPSA) is 165 Å². The Balaban J connectivity index is 1.28. The van der Waals surface area contributed by atoms with Crippen molar-refractivity contribution in [2.45, 2.75) is 32.9 Å². The normalized spacial score (nSPS) is 13.1. The second-order valence-electron chi connectivity index (χ2n) is 8.72. The van der Waals surface area contributed by atoms with Gasteiger partial charge in [-0.1, -0.05) is 18.2 Å². The van der Waals surface area contributed by atoms with E-state index in [0.29, 0.717) is 29.9 Å². The Bertz CT molecular complexity index is 1680. The molecule has 0 spiro atoms. The zero-order chi connectivity index (χ0) is 26.3. The Labute approximate surface area is 213 Å². The number of carbonyl (C=O) groups is 2. The minimum Gasteiger partial charge on any atom is -0.466 e. The van der Waals surface area contributed by atoms with Gasteiger partial charge in [0, 0.05) is 19.6 Å². The Morgan fingerprint density at radius 1 is 1.22 bits per heavy atom. The van der Waals surface area contributed by atoms with Crippen LogP contribution in [0.1, 0.15) is 39.8 Å². The van der Waals surface area contributed by atoms with Crippen LogP contribution in [0.15, 0.2) is 38.0 Å². The first-order chi connectivity index (χ1) is 17.8. The first-order valence-corrected chi connectivity index (χ1v) is 12.5. The number of carbonyl (C=O) groups excluding carboxylic acids is 2. The summed E-state index contributed by atoms with van der Waals surface area (Å²) in [6.45, 7) is 3.16. The number of hydrogen-bond donors (Lipinski definition) is 3. The molecule has 3 heterocycles. The van der Waals surface area contributed by atoms with Crippen LogP contribution in [0.2, 0.25) is 0 Å². The van der Waals surface area contributed by atoms with Crippen LogP contribution in [0.4, 0.5) is 11.4 Å². The number of hydrogen-bond acceptors (Lipinski definition) is 10. The number of ether oxygens (including phenoxy) is 1. The number of aromatic nitrogens is 2. The van der Waals surface area contributed by atoms with E-state index in [1.165, 1.54) is 11.3 Å². The second-order valence-corrected chi connectivity index (χ2v) is 9.57. The fraction of sp³-hybridized carbons (Fsp3) is 0.280. The van der Waals surface area contributed by atoms with Crippen molar-refractivity contribution in [1.82, 2.24) is 15.3 Å². The third-order valence-corrected chi connectivity index (χ3v) is 7.27. The van der Waals surface area contributed by atoms with Gasteiger partial charge in [0.25, 0.3) is 22.3 Å². The minimum atomic E-state index is -0.639. The van der Waals surface area contributed by atoms with E-state index in [2.05, 4.69) is 15.3 Å². The summed E-state index contributed by atoms with van der Waals surface area (Å²) in [4.78, 5) is 69.6. The van der Waals surface area contributed by atoms with Crippen molar-refractivity contribution in [1.29, 1.82) is 0 Å². The van der Waals surface area contributed by atoms with E-state index in [0.717, 1.165) is 16.7 Å². The fourth-order valence-electron chi connectivity index (χ4n) is 4.50. The molecule has 0 aliphatic carbocycles. The quantitative estimate of drug-likeness (QED) is 0.235. The Morgan fingerprint density at radius 2 is 2.03 bits per heavy atom. The van der Waals surface area contributed by atoms with Gasteiger partial charge in [-0.05, 0) is 41.0 Å². The van der Waals surface area contributed by atoms with Gasteiger partial charge in [0.2, 0.25) is 5.82 Å². The molecule has 5 rings (SSSR count). The maximum absolute atomic E-state index is 12.8. The van der Waals surface area contributed by atoms with Gasteiger partial charge in [-0.25, -0.2) is 4.98 Å². The molecule has 37 heavy (non-hydrogen) atoms. The number of aromatic amines is 1. The Kier molecular flexibility index (Phi) is 6.34. The highest BCUT2D eigenvalue weighted by atomic mass is 32.1. The summed E-state index contributed by atoms with van der Waals surface area (Å²) < 4.78 is 4.94. The van der Waals surface area contributed by atoms with Crippen LogP contribution < -0.4 is 32.4 Å². The van der Waals surface area contributed by atoms with Gasteiger partial charge in [0.15, 0.2) is 0 Å². The van der Waals surface area contributed by atoms with Crippen LogP contribution in [0.3, 0.4) is 0 Å². The molecule has 0 fully saturated rings. The molecular weight excluding hydrogens is 498 g/mol. The van der Waals surface area contributed by atoms with Crippen LogP contribution in [0.5, 0.6) is 0 Å². The molecule has 1 amide bonds. The predicted octanol–water partition coefficient (Wildman–Crippen LogP) is 0.761. The first kappa shape index (κ1) is 24.4. The molecule has 4 aromatic rings. The van der Waals surface area contributed by atoms with E-state index in [1.807, 2.05) is 23.1 Å². The lowest BCUT2D eigenvalue weighted by atomic mass is 9.96. The summed E-state index contributed by atoms with van der Waals surface area (Å²) in [5, 5.41) is 4.70. The predicted molar refractivity (Wildman–Crippen MR) is 139 cm³/mol. The van der Waals surface area contributed by atoms with E-state index in [9.17, 15) is 24.0 Å². The lowest BCUT2D eigenvalue weighted by Crippen LogP contribution is -2.44. The number of fused-ring (bicyclic) bond motifs is 2. The molecule has 12 heteroatoms. The van der Waals surface area contributed by atoms with Crippen molar-refractivity contribution in [2.24, 2.45) is 0 Å². The molecule has 0 unspecified atom stereocenters. The van der Waals surface area contributed by atoms with Crippen molar-refractivity contribution < 1.29 is 14.3 Å². The van der Waals surface area contributed by atoms with E-state index < -0.39 is 28.3 Å². The van der Waals surface area contributed by atoms with Gasteiger partial charge in [-0.15, -0.1) is 11.3 Å². The summed E-state index contributed by atoms with van der Waals surface area (Å²) in [6.07, 6.45) is 0.651. The minimum absolute atomic E-state index is 0.00841. The van der Waals surface area contributed by atoms with Crippen LogP contribution in [-0.4, -0.2) is 35.0 Å².